The number of aliphatic hydroxyl groups excluding tert-OH is 2. The zero-order chi connectivity index (χ0) is 25.9. The van der Waals surface area contributed by atoms with Crippen molar-refractivity contribution < 1.29 is 29.7 Å². The number of aromatic nitrogens is 1. The van der Waals surface area contributed by atoms with E-state index in [0.717, 1.165) is 48.6 Å². The quantitative estimate of drug-likeness (QED) is 0.262. The molecule has 196 valence electrons. The van der Waals surface area contributed by atoms with Crippen LogP contribution in [0, 0.1) is 0 Å². The molecule has 2 aliphatic rings. The van der Waals surface area contributed by atoms with Gasteiger partial charge in [-0.15, -0.1) is 0 Å². The van der Waals surface area contributed by atoms with E-state index in [-0.39, 0.29) is 18.9 Å². The van der Waals surface area contributed by atoms with E-state index in [1.54, 1.807) is 6.20 Å². The third kappa shape index (κ3) is 5.80. The summed E-state index contributed by atoms with van der Waals surface area (Å²) in [7, 11) is 0. The van der Waals surface area contributed by atoms with Crippen LogP contribution < -0.4 is 21.7 Å². The topological polar surface area (TPSA) is 190 Å². The lowest BCUT2D eigenvalue weighted by Gasteiger charge is -2.42. The Morgan fingerprint density at radius 3 is 2.53 bits per heavy atom. The number of para-hydroxylation sites is 1. The van der Waals surface area contributed by atoms with Crippen molar-refractivity contribution in [2.45, 2.75) is 87.3 Å². The largest absolute Gasteiger partial charge is 0.390 e. The Hall–Kier alpha value is -3.15. The molecule has 4 rings (SSSR count). The number of hydrogen-bond donors (Lipinski definition) is 8. The minimum Gasteiger partial charge on any atom is -0.390 e. The molecule has 0 radical (unpaired) electrons. The lowest BCUT2D eigenvalue weighted by molar-refractivity contribution is -0.158. The van der Waals surface area contributed by atoms with Crippen LogP contribution in [-0.4, -0.2) is 74.1 Å². The molecule has 1 heterocycles. The molecule has 0 unspecified atom stereocenters. The van der Waals surface area contributed by atoms with E-state index in [9.17, 15) is 29.7 Å². The first-order valence-electron chi connectivity index (χ1n) is 12.5. The van der Waals surface area contributed by atoms with E-state index < -0.39 is 54.2 Å². The lowest BCUT2D eigenvalue weighted by Crippen LogP contribution is -2.65. The Kier molecular flexibility index (Phi) is 7.82. The lowest BCUT2D eigenvalue weighted by atomic mass is 9.77. The second-order valence-electron chi connectivity index (χ2n) is 10.0. The zero-order valence-corrected chi connectivity index (χ0v) is 20.1. The molecule has 4 amide bonds. The number of fused-ring (bicyclic) bond motifs is 1. The Labute approximate surface area is 208 Å². The normalized spacial score (nSPS) is 27.8. The molecule has 2 fully saturated rings. The van der Waals surface area contributed by atoms with Gasteiger partial charge in [-0.1, -0.05) is 37.5 Å². The first-order valence-corrected chi connectivity index (χ1v) is 12.5. The fourth-order valence-electron chi connectivity index (χ4n) is 5.30. The molecule has 9 N–H and O–H groups in total. The second-order valence-corrected chi connectivity index (χ2v) is 10.0. The monoisotopic (exact) mass is 501 g/mol. The summed E-state index contributed by atoms with van der Waals surface area (Å²) in [6.07, 6.45) is 3.09. The standard InChI is InChI=1S/C25H35N5O6/c26-22(33)18(10-14-13-27-17-9-5-4-8-16(14)17)29-23(34)25(36)11-19(21(32)20(31)12-25)30-24(35)28-15-6-2-1-3-7-15/h4-5,8-9,13,15,18-21,27,31-32,36H,1-3,6-7,10-12H2,(H2,26,33)(H,29,34)(H2,28,30,35)/t18-,19+,20-,21-,25+/m1/s1. The van der Waals surface area contributed by atoms with Crippen LogP contribution >= 0.6 is 0 Å². The van der Waals surface area contributed by atoms with Crippen molar-refractivity contribution >= 4 is 28.7 Å². The Morgan fingerprint density at radius 2 is 1.81 bits per heavy atom. The summed E-state index contributed by atoms with van der Waals surface area (Å²) in [5.74, 6) is -1.69. The van der Waals surface area contributed by atoms with Crippen LogP contribution in [0.15, 0.2) is 30.5 Å². The predicted molar refractivity (Wildman–Crippen MR) is 132 cm³/mol. The van der Waals surface area contributed by atoms with E-state index in [1.807, 2.05) is 24.3 Å². The number of nitrogens with one attached hydrogen (secondary N) is 4. The van der Waals surface area contributed by atoms with Gasteiger partial charge in [0, 0.05) is 42.4 Å². The fraction of sp³-hybridized carbons (Fsp3) is 0.560. The van der Waals surface area contributed by atoms with Crippen LogP contribution in [0.25, 0.3) is 10.9 Å². The fourth-order valence-corrected chi connectivity index (χ4v) is 5.30. The van der Waals surface area contributed by atoms with Crippen molar-refractivity contribution in [3.63, 3.8) is 0 Å². The summed E-state index contributed by atoms with van der Waals surface area (Å²) in [6.45, 7) is 0. The number of hydrogen-bond acceptors (Lipinski definition) is 6. The predicted octanol–water partition coefficient (Wildman–Crippen LogP) is -0.0723. The maximum atomic E-state index is 13.1. The number of rotatable bonds is 7. The molecule has 0 spiro atoms. The number of aliphatic hydroxyl groups is 3. The van der Waals surface area contributed by atoms with Crippen molar-refractivity contribution in [3.8, 4) is 0 Å². The van der Waals surface area contributed by atoms with Crippen molar-refractivity contribution in [3.05, 3.63) is 36.0 Å². The number of benzene rings is 1. The van der Waals surface area contributed by atoms with Gasteiger partial charge in [0.15, 0.2) is 0 Å². The summed E-state index contributed by atoms with van der Waals surface area (Å²) in [6, 6.07) is 4.78. The summed E-state index contributed by atoms with van der Waals surface area (Å²) < 4.78 is 0. The first-order chi connectivity index (χ1) is 17.2. The van der Waals surface area contributed by atoms with Crippen LogP contribution in [0.1, 0.15) is 50.5 Å². The highest BCUT2D eigenvalue weighted by molar-refractivity contribution is 5.92. The number of amides is 4. The molecular weight excluding hydrogens is 466 g/mol. The molecule has 0 saturated heterocycles. The van der Waals surface area contributed by atoms with Crippen molar-refractivity contribution in [1.82, 2.24) is 20.9 Å². The third-order valence-corrected chi connectivity index (χ3v) is 7.34. The second kappa shape index (κ2) is 10.9. The highest BCUT2D eigenvalue weighted by atomic mass is 16.3. The van der Waals surface area contributed by atoms with Crippen LogP contribution in [0.4, 0.5) is 4.79 Å². The van der Waals surface area contributed by atoms with Crippen molar-refractivity contribution in [1.29, 1.82) is 0 Å². The molecule has 2 saturated carbocycles. The van der Waals surface area contributed by atoms with Gasteiger partial charge < -0.3 is 42.0 Å². The number of carbonyl (C=O) groups excluding carboxylic acids is 3. The average molecular weight is 502 g/mol. The number of nitrogens with two attached hydrogens (primary N) is 1. The highest BCUT2D eigenvalue weighted by Crippen LogP contribution is 2.30. The summed E-state index contributed by atoms with van der Waals surface area (Å²) in [5, 5.41) is 40.8. The van der Waals surface area contributed by atoms with E-state index in [4.69, 9.17) is 5.73 Å². The first kappa shape index (κ1) is 25.9. The maximum absolute atomic E-state index is 13.1. The minimum absolute atomic E-state index is 0.0208. The van der Waals surface area contributed by atoms with E-state index in [0.29, 0.717) is 0 Å². The van der Waals surface area contributed by atoms with E-state index in [1.165, 1.54) is 0 Å². The molecule has 2 aliphatic carbocycles. The molecule has 36 heavy (non-hydrogen) atoms. The molecule has 11 heteroatoms. The smallest absolute Gasteiger partial charge is 0.315 e. The number of carbonyl (C=O) groups is 3. The number of urea groups is 1. The molecule has 11 nitrogen and oxygen atoms in total. The molecule has 5 atom stereocenters. The number of aromatic amines is 1. The minimum atomic E-state index is -2.13. The van der Waals surface area contributed by atoms with Crippen LogP contribution in [0.3, 0.4) is 0 Å². The van der Waals surface area contributed by atoms with Crippen LogP contribution in [-0.2, 0) is 16.0 Å². The third-order valence-electron chi connectivity index (χ3n) is 7.34. The van der Waals surface area contributed by atoms with Gasteiger partial charge in [0.25, 0.3) is 5.91 Å². The highest BCUT2D eigenvalue weighted by Gasteiger charge is 2.49. The SMILES string of the molecule is NC(=O)[C@@H](Cc1c[nH]c2ccccc12)NC(=O)[C@@]1(O)C[C@@H](O)[C@H](O)[C@@H](NC(=O)NC2CCCCC2)C1. The Morgan fingerprint density at radius 1 is 1.08 bits per heavy atom. The molecular formula is C25H35N5O6. The van der Waals surface area contributed by atoms with Gasteiger partial charge in [0.05, 0.1) is 12.1 Å². The van der Waals surface area contributed by atoms with Gasteiger partial charge >= 0.3 is 6.03 Å². The number of primary amides is 1. The molecule has 0 bridgehead atoms. The Bertz CT molecular complexity index is 1100. The van der Waals surface area contributed by atoms with Crippen LogP contribution in [0.2, 0.25) is 0 Å². The zero-order valence-electron chi connectivity index (χ0n) is 20.1. The number of H-pyrrole nitrogens is 1. The van der Waals surface area contributed by atoms with Gasteiger partial charge in [-0.3, -0.25) is 9.59 Å². The molecule has 0 aliphatic heterocycles. The summed E-state index contributed by atoms with van der Waals surface area (Å²) in [5.41, 5.74) is 5.05. The summed E-state index contributed by atoms with van der Waals surface area (Å²) >= 11 is 0. The van der Waals surface area contributed by atoms with E-state index >= 15 is 0 Å². The van der Waals surface area contributed by atoms with Gasteiger partial charge in [0.1, 0.15) is 17.7 Å². The van der Waals surface area contributed by atoms with Gasteiger partial charge in [-0.2, -0.15) is 0 Å². The van der Waals surface area contributed by atoms with Crippen LogP contribution in [0.5, 0.6) is 0 Å². The van der Waals surface area contributed by atoms with Crippen molar-refractivity contribution in [2.75, 3.05) is 0 Å². The molecule has 1 aromatic carbocycles. The van der Waals surface area contributed by atoms with E-state index in [2.05, 4.69) is 20.9 Å². The van der Waals surface area contributed by atoms with Gasteiger partial charge in [-0.05, 0) is 24.5 Å². The average Bonchev–Trinajstić information content (AvgIpc) is 3.25. The summed E-state index contributed by atoms with van der Waals surface area (Å²) in [4.78, 5) is 40.9. The maximum Gasteiger partial charge on any atom is 0.315 e. The Balaban J connectivity index is 1.42. The van der Waals surface area contributed by atoms with Gasteiger partial charge in [0.2, 0.25) is 5.91 Å². The van der Waals surface area contributed by atoms with Crippen molar-refractivity contribution in [2.24, 2.45) is 5.73 Å². The van der Waals surface area contributed by atoms with Gasteiger partial charge in [-0.25, -0.2) is 4.79 Å². The molecule has 1 aromatic heterocycles. The molecule has 2 aromatic rings.